The maximum atomic E-state index is 13.4. The molecule has 0 bridgehead atoms. The van der Waals surface area contributed by atoms with Crippen LogP contribution >= 0.6 is 0 Å². The summed E-state index contributed by atoms with van der Waals surface area (Å²) in [6.07, 6.45) is -9.97. The van der Waals surface area contributed by atoms with Crippen molar-refractivity contribution in [1.29, 1.82) is 0 Å². The highest BCUT2D eigenvalue weighted by atomic mass is 19.4. The van der Waals surface area contributed by atoms with E-state index in [1.54, 1.807) is 18.2 Å². The molecule has 3 amide bonds. The number of urea groups is 1. The lowest BCUT2D eigenvalue weighted by Gasteiger charge is -2.16. The zero-order valence-electron chi connectivity index (χ0n) is 18.5. The van der Waals surface area contributed by atoms with E-state index in [-0.39, 0.29) is 23.2 Å². The molecule has 0 aliphatic heterocycles. The average Bonchev–Trinajstić information content (AvgIpc) is 3.23. The van der Waals surface area contributed by atoms with Crippen molar-refractivity contribution in [3.8, 4) is 5.75 Å². The first-order chi connectivity index (χ1) is 17.4. The van der Waals surface area contributed by atoms with E-state index < -0.39 is 47.6 Å². The van der Waals surface area contributed by atoms with E-state index in [4.69, 9.17) is 4.74 Å². The number of amides is 3. The van der Waals surface area contributed by atoms with Gasteiger partial charge in [-0.3, -0.25) is 20.5 Å². The van der Waals surface area contributed by atoms with Crippen LogP contribution < -0.4 is 15.4 Å². The summed E-state index contributed by atoms with van der Waals surface area (Å²) in [7, 11) is 0. The van der Waals surface area contributed by atoms with Crippen LogP contribution in [0.1, 0.15) is 27.0 Å². The van der Waals surface area contributed by atoms with Crippen LogP contribution in [-0.2, 0) is 19.0 Å². The number of nitrogens with zero attached hydrogens (tertiary/aromatic N) is 1. The number of rotatable bonds is 5. The number of alkyl halides is 6. The SMILES string of the molecule is O=C(NC(=O)c1ccccc1)Nc1n[nH]c2ccc(OCc3ccc(C(F)(F)F)cc3C(F)(F)F)cc12. The first-order valence-corrected chi connectivity index (χ1v) is 10.5. The summed E-state index contributed by atoms with van der Waals surface area (Å²) in [6.45, 7) is -0.675. The van der Waals surface area contributed by atoms with Crippen molar-refractivity contribution in [2.24, 2.45) is 0 Å². The number of carbonyl (C=O) groups excluding carboxylic acids is 2. The van der Waals surface area contributed by atoms with Gasteiger partial charge >= 0.3 is 18.4 Å². The molecule has 7 nitrogen and oxygen atoms in total. The molecule has 0 unspecified atom stereocenters. The molecule has 13 heteroatoms. The minimum atomic E-state index is -5.03. The molecule has 4 aromatic rings. The first-order valence-electron chi connectivity index (χ1n) is 10.5. The highest BCUT2D eigenvalue weighted by molar-refractivity contribution is 6.09. The minimum absolute atomic E-state index is 0.00400. The highest BCUT2D eigenvalue weighted by Crippen LogP contribution is 2.38. The van der Waals surface area contributed by atoms with Crippen LogP contribution in [0.25, 0.3) is 10.9 Å². The number of aromatic amines is 1. The Morgan fingerprint density at radius 3 is 2.30 bits per heavy atom. The standard InChI is InChI=1S/C24H16F6N4O3/c25-23(26,27)15-7-6-14(18(10-15)24(28,29)30)12-37-16-8-9-19-17(11-16)20(34-33-19)31-22(36)32-21(35)13-4-2-1-3-5-13/h1-11H,12H2,(H3,31,32,33,34,35,36). The Labute approximate surface area is 204 Å². The van der Waals surface area contributed by atoms with Crippen molar-refractivity contribution in [3.05, 3.63) is 89.0 Å². The number of imide groups is 1. The van der Waals surface area contributed by atoms with Gasteiger partial charge in [0.2, 0.25) is 0 Å². The van der Waals surface area contributed by atoms with Crippen LogP contribution in [0, 0.1) is 0 Å². The van der Waals surface area contributed by atoms with Crippen LogP contribution in [0.15, 0.2) is 66.7 Å². The zero-order valence-corrected chi connectivity index (χ0v) is 18.5. The summed E-state index contributed by atoms with van der Waals surface area (Å²) in [5.74, 6) is -0.589. The highest BCUT2D eigenvalue weighted by Gasteiger charge is 2.38. The van der Waals surface area contributed by atoms with Crippen molar-refractivity contribution in [1.82, 2.24) is 15.5 Å². The number of hydrogen-bond acceptors (Lipinski definition) is 4. The summed E-state index contributed by atoms with van der Waals surface area (Å²) in [6, 6.07) is 12.6. The molecule has 3 aromatic carbocycles. The van der Waals surface area contributed by atoms with E-state index in [0.717, 1.165) is 0 Å². The van der Waals surface area contributed by atoms with E-state index in [1.165, 1.54) is 30.3 Å². The molecular weight excluding hydrogens is 506 g/mol. The Bertz CT molecular complexity index is 1450. The van der Waals surface area contributed by atoms with Crippen molar-refractivity contribution in [3.63, 3.8) is 0 Å². The average molecular weight is 522 g/mol. The van der Waals surface area contributed by atoms with E-state index in [2.05, 4.69) is 20.8 Å². The molecule has 0 spiro atoms. The van der Waals surface area contributed by atoms with Crippen LogP contribution in [0.4, 0.5) is 37.0 Å². The van der Waals surface area contributed by atoms with Gasteiger partial charge in [-0.1, -0.05) is 24.3 Å². The second-order valence-electron chi connectivity index (χ2n) is 7.71. The molecule has 1 heterocycles. The number of nitrogens with one attached hydrogen (secondary N) is 3. The Morgan fingerprint density at radius 2 is 1.62 bits per heavy atom. The summed E-state index contributed by atoms with van der Waals surface area (Å²) in [5.41, 5.74) is -2.70. The molecule has 0 aliphatic carbocycles. The van der Waals surface area contributed by atoms with Gasteiger partial charge in [0.1, 0.15) is 12.4 Å². The molecule has 0 aliphatic rings. The largest absolute Gasteiger partial charge is 0.489 e. The van der Waals surface area contributed by atoms with Crippen molar-refractivity contribution in [2.75, 3.05) is 5.32 Å². The summed E-state index contributed by atoms with van der Waals surface area (Å²) < 4.78 is 84.2. The van der Waals surface area contributed by atoms with Crippen LogP contribution in [-0.4, -0.2) is 22.1 Å². The Morgan fingerprint density at radius 1 is 0.892 bits per heavy atom. The Kier molecular flexibility index (Phi) is 6.79. The molecule has 4 rings (SSSR count). The number of benzene rings is 3. The van der Waals surface area contributed by atoms with Gasteiger partial charge in [-0.25, -0.2) is 4.79 Å². The quantitative estimate of drug-likeness (QED) is 0.274. The van der Waals surface area contributed by atoms with Gasteiger partial charge in [0.05, 0.1) is 16.6 Å². The third kappa shape index (κ3) is 6.00. The third-order valence-electron chi connectivity index (χ3n) is 5.17. The zero-order chi connectivity index (χ0) is 26.8. The van der Waals surface area contributed by atoms with Crippen molar-refractivity contribution in [2.45, 2.75) is 19.0 Å². The molecule has 3 N–H and O–H groups in total. The van der Waals surface area contributed by atoms with Gasteiger partial charge in [0.25, 0.3) is 5.91 Å². The lowest BCUT2D eigenvalue weighted by Crippen LogP contribution is -2.34. The Balaban J connectivity index is 1.50. The third-order valence-corrected chi connectivity index (χ3v) is 5.17. The summed E-state index contributed by atoms with van der Waals surface area (Å²) in [4.78, 5) is 24.4. The van der Waals surface area contributed by atoms with Gasteiger partial charge in [0.15, 0.2) is 5.82 Å². The predicted molar refractivity (Wildman–Crippen MR) is 120 cm³/mol. The summed E-state index contributed by atoms with van der Waals surface area (Å²) in [5, 5.41) is 11.4. The predicted octanol–water partition coefficient (Wildman–Crippen LogP) is 6.14. The van der Waals surface area contributed by atoms with E-state index in [1.807, 2.05) is 0 Å². The fraction of sp³-hybridized carbons (Fsp3) is 0.125. The molecule has 0 saturated carbocycles. The van der Waals surface area contributed by atoms with Crippen LogP contribution in [0.2, 0.25) is 0 Å². The molecule has 0 fully saturated rings. The molecule has 0 atom stereocenters. The number of fused-ring (bicyclic) bond motifs is 1. The Hall–Kier alpha value is -4.55. The molecule has 0 saturated heterocycles. The first kappa shape index (κ1) is 25.5. The number of ether oxygens (including phenoxy) is 1. The number of carbonyl (C=O) groups is 2. The topological polar surface area (TPSA) is 96.1 Å². The molecule has 37 heavy (non-hydrogen) atoms. The number of H-pyrrole nitrogens is 1. The molecule has 0 radical (unpaired) electrons. The fourth-order valence-electron chi connectivity index (χ4n) is 3.39. The molecule has 1 aromatic heterocycles. The number of hydrogen-bond donors (Lipinski definition) is 3. The second kappa shape index (κ2) is 9.84. The number of halogens is 6. The van der Waals surface area contributed by atoms with Gasteiger partial charge in [-0.15, -0.1) is 0 Å². The molecule has 192 valence electrons. The lowest BCUT2D eigenvalue weighted by atomic mass is 10.0. The normalized spacial score (nSPS) is 11.8. The maximum absolute atomic E-state index is 13.4. The summed E-state index contributed by atoms with van der Waals surface area (Å²) >= 11 is 0. The fourth-order valence-corrected chi connectivity index (χ4v) is 3.39. The van der Waals surface area contributed by atoms with Crippen LogP contribution in [0.5, 0.6) is 5.75 Å². The van der Waals surface area contributed by atoms with Gasteiger partial charge in [-0.2, -0.15) is 31.4 Å². The monoisotopic (exact) mass is 522 g/mol. The van der Waals surface area contributed by atoms with Crippen molar-refractivity contribution < 1.29 is 40.7 Å². The van der Waals surface area contributed by atoms with E-state index in [9.17, 15) is 35.9 Å². The second-order valence-corrected chi connectivity index (χ2v) is 7.71. The van der Waals surface area contributed by atoms with E-state index >= 15 is 0 Å². The minimum Gasteiger partial charge on any atom is -0.489 e. The van der Waals surface area contributed by atoms with E-state index in [0.29, 0.717) is 23.0 Å². The van der Waals surface area contributed by atoms with Crippen LogP contribution in [0.3, 0.4) is 0 Å². The van der Waals surface area contributed by atoms with Gasteiger partial charge in [-0.05, 0) is 42.5 Å². The lowest BCUT2D eigenvalue weighted by molar-refractivity contribution is -0.143. The maximum Gasteiger partial charge on any atom is 0.416 e. The number of anilines is 1. The smallest absolute Gasteiger partial charge is 0.416 e. The van der Waals surface area contributed by atoms with Crippen molar-refractivity contribution >= 4 is 28.7 Å². The number of aromatic nitrogens is 2. The molecular formula is C24H16F6N4O3. The van der Waals surface area contributed by atoms with Gasteiger partial charge in [0, 0.05) is 16.5 Å². The van der Waals surface area contributed by atoms with Gasteiger partial charge < -0.3 is 4.74 Å².